The molecule has 0 aliphatic rings. The molecule has 0 heterocycles. The zero-order valence-corrected chi connectivity index (χ0v) is 11.7. The normalized spacial score (nSPS) is 10.5. The van der Waals surface area contributed by atoms with Gasteiger partial charge in [0, 0.05) is 0 Å². The zero-order chi connectivity index (χ0) is 10.9. The minimum absolute atomic E-state index is 0. The molecular weight excluding hydrogens is 239 g/mol. The number of rotatable bonds is 2. The molecule has 2 N–H and O–H groups in total. The molecule has 0 radical (unpaired) electrons. The van der Waals surface area contributed by atoms with Crippen LogP contribution < -0.4 is 56.5 Å². The van der Waals surface area contributed by atoms with E-state index in [1.807, 2.05) is 0 Å². The van der Waals surface area contributed by atoms with Gasteiger partial charge in [0.25, 0.3) is 0 Å². The maximum Gasteiger partial charge on any atom is 1.00 e. The van der Waals surface area contributed by atoms with Crippen LogP contribution in [0.5, 0.6) is 0 Å². The molecule has 0 rings (SSSR count). The number of aliphatic carboxylic acids is 1. The van der Waals surface area contributed by atoms with Gasteiger partial charge in [0.05, 0.1) is 5.97 Å². The molecule has 0 aliphatic heterocycles. The van der Waals surface area contributed by atoms with Crippen molar-refractivity contribution in [3.8, 4) is 0 Å². The molecule has 0 spiro atoms. The Labute approximate surface area is 125 Å². The van der Waals surface area contributed by atoms with Crippen molar-refractivity contribution >= 4 is 16.4 Å². The molecule has 0 bridgehead atoms. The first-order chi connectivity index (χ1) is 5.77. The number of hydrogen-bond acceptors (Lipinski definition) is 4. The summed E-state index contributed by atoms with van der Waals surface area (Å²) in [5.74, 6) is -1.16. The summed E-state index contributed by atoms with van der Waals surface area (Å²) in [4.78, 5) is 9.64. The van der Waals surface area contributed by atoms with Crippen LogP contribution in [0, 0.1) is 0 Å². The van der Waals surface area contributed by atoms with Crippen molar-refractivity contribution < 1.29 is 78.8 Å². The molecule has 0 aromatic rings. The summed E-state index contributed by atoms with van der Waals surface area (Å²) in [6, 6.07) is 0. The maximum atomic E-state index is 9.64. The second-order valence-corrected chi connectivity index (χ2v) is 2.55. The van der Waals surface area contributed by atoms with Gasteiger partial charge in [0.15, 0.2) is 0 Å². The first-order valence-corrected chi connectivity index (χ1v) is 4.37. The van der Waals surface area contributed by atoms with Crippen molar-refractivity contribution in [3.63, 3.8) is 0 Å². The summed E-state index contributed by atoms with van der Waals surface area (Å²) in [7, 11) is -4.67. The van der Waals surface area contributed by atoms with Crippen LogP contribution in [-0.4, -0.2) is 23.5 Å². The Hall–Kier alpha value is 0.456. The number of carbonyl (C=O) groups is 1. The second-order valence-electron chi connectivity index (χ2n) is 1.65. The molecule has 0 saturated heterocycles. The standard InChI is InChI=1S/C6H8O2.K.H2O4S/c1-2-3-4-5-6(7)8;;1-5(2,3)4/h2-5H,1H3,(H,7,8);;(H2,1,2,3,4)/q;+1;/p-1. The Morgan fingerprint density at radius 3 is 1.86 bits per heavy atom. The fourth-order valence-electron chi connectivity index (χ4n) is 0.245. The SMILES string of the molecule is CC=CC=CC(=O)[O-].O=S(=O)(O)O.[K+]. The predicted molar refractivity (Wildman–Crippen MR) is 43.1 cm³/mol. The molecule has 0 aromatic carbocycles. The average molecular weight is 248 g/mol. The Bertz CT molecular complexity index is 283. The quantitative estimate of drug-likeness (QED) is 0.224. The van der Waals surface area contributed by atoms with Gasteiger partial charge in [-0.15, -0.1) is 0 Å². The Morgan fingerprint density at radius 1 is 1.29 bits per heavy atom. The molecule has 0 aromatic heterocycles. The van der Waals surface area contributed by atoms with Gasteiger partial charge in [-0.2, -0.15) is 8.42 Å². The molecule has 0 fully saturated rings. The molecule has 0 saturated carbocycles. The first kappa shape index (κ1) is 19.9. The van der Waals surface area contributed by atoms with E-state index < -0.39 is 16.4 Å². The minimum Gasteiger partial charge on any atom is -0.545 e. The Morgan fingerprint density at radius 2 is 1.64 bits per heavy atom. The van der Waals surface area contributed by atoms with Crippen molar-refractivity contribution in [2.75, 3.05) is 0 Å². The summed E-state index contributed by atoms with van der Waals surface area (Å²) in [5, 5.41) is 9.64. The minimum atomic E-state index is -4.67. The van der Waals surface area contributed by atoms with Gasteiger partial charge in [-0.3, -0.25) is 9.11 Å². The van der Waals surface area contributed by atoms with Crippen LogP contribution in [0.25, 0.3) is 0 Å². The number of carboxylic acid groups (broad SMARTS) is 1. The molecule has 6 nitrogen and oxygen atoms in total. The first-order valence-electron chi connectivity index (χ1n) is 2.97. The summed E-state index contributed by atoms with van der Waals surface area (Å²) < 4.78 is 31.6. The summed E-state index contributed by atoms with van der Waals surface area (Å²) in [5.41, 5.74) is 0. The Kier molecular flexibility index (Phi) is 16.4. The van der Waals surface area contributed by atoms with E-state index in [0.29, 0.717) is 0 Å². The fourth-order valence-corrected chi connectivity index (χ4v) is 0.245. The van der Waals surface area contributed by atoms with Crippen molar-refractivity contribution in [2.24, 2.45) is 0 Å². The van der Waals surface area contributed by atoms with E-state index in [1.54, 1.807) is 19.1 Å². The summed E-state index contributed by atoms with van der Waals surface area (Å²) in [6.45, 7) is 1.81. The van der Waals surface area contributed by atoms with Gasteiger partial charge in [-0.05, 0) is 13.0 Å². The fraction of sp³-hybridized carbons (Fsp3) is 0.167. The number of allylic oxidation sites excluding steroid dienone is 3. The second kappa shape index (κ2) is 11.5. The van der Waals surface area contributed by atoms with Gasteiger partial charge in [-0.1, -0.05) is 18.2 Å². The van der Waals surface area contributed by atoms with E-state index in [0.717, 1.165) is 6.08 Å². The van der Waals surface area contributed by atoms with Gasteiger partial charge in [-0.25, -0.2) is 0 Å². The van der Waals surface area contributed by atoms with E-state index in [4.69, 9.17) is 17.5 Å². The predicted octanol–water partition coefficient (Wildman–Crippen LogP) is -3.78. The van der Waals surface area contributed by atoms with E-state index in [2.05, 4.69) is 0 Å². The monoisotopic (exact) mass is 248 g/mol. The third-order valence-corrected chi connectivity index (χ3v) is 0.536. The van der Waals surface area contributed by atoms with Gasteiger partial charge >= 0.3 is 61.8 Å². The smallest absolute Gasteiger partial charge is 0.545 e. The van der Waals surface area contributed by atoms with E-state index in [1.165, 1.54) is 6.08 Å². The van der Waals surface area contributed by atoms with Crippen LogP contribution in [0.2, 0.25) is 0 Å². The van der Waals surface area contributed by atoms with Crippen LogP contribution in [0.1, 0.15) is 6.92 Å². The molecule has 0 aliphatic carbocycles. The van der Waals surface area contributed by atoms with Crippen LogP contribution in [-0.2, 0) is 15.2 Å². The molecule has 76 valence electrons. The third kappa shape index (κ3) is 54.9. The van der Waals surface area contributed by atoms with Crippen molar-refractivity contribution in [1.82, 2.24) is 0 Å². The molecule has 0 atom stereocenters. The number of carbonyl (C=O) groups excluding carboxylic acids is 1. The molecule has 0 unspecified atom stereocenters. The van der Waals surface area contributed by atoms with E-state index in [9.17, 15) is 9.90 Å². The summed E-state index contributed by atoms with van der Waals surface area (Å²) >= 11 is 0. The molecule has 14 heavy (non-hydrogen) atoms. The van der Waals surface area contributed by atoms with Crippen LogP contribution in [0.15, 0.2) is 24.3 Å². The number of carboxylic acids is 1. The van der Waals surface area contributed by atoms with Crippen molar-refractivity contribution in [1.29, 1.82) is 0 Å². The van der Waals surface area contributed by atoms with Crippen LogP contribution >= 0.6 is 0 Å². The topological polar surface area (TPSA) is 115 Å². The molecule has 8 heteroatoms. The third-order valence-electron chi connectivity index (χ3n) is 0.536. The van der Waals surface area contributed by atoms with Crippen LogP contribution in [0.3, 0.4) is 0 Å². The van der Waals surface area contributed by atoms with Gasteiger partial charge in [0.1, 0.15) is 0 Å². The summed E-state index contributed by atoms with van der Waals surface area (Å²) in [6.07, 6.45) is 5.74. The maximum absolute atomic E-state index is 9.64. The van der Waals surface area contributed by atoms with E-state index in [-0.39, 0.29) is 51.4 Å². The molecular formula is C6H9KO6S. The zero-order valence-electron chi connectivity index (χ0n) is 7.75. The number of hydrogen-bond donors (Lipinski definition) is 2. The van der Waals surface area contributed by atoms with Crippen LogP contribution in [0.4, 0.5) is 0 Å². The van der Waals surface area contributed by atoms with Gasteiger partial charge in [0.2, 0.25) is 0 Å². The molecule has 0 amide bonds. The largest absolute Gasteiger partial charge is 1.00 e. The van der Waals surface area contributed by atoms with Gasteiger partial charge < -0.3 is 9.90 Å². The van der Waals surface area contributed by atoms with Crippen molar-refractivity contribution in [2.45, 2.75) is 6.92 Å². The Balaban J connectivity index is -0.000000177. The van der Waals surface area contributed by atoms with Crippen molar-refractivity contribution in [3.05, 3.63) is 24.3 Å². The average Bonchev–Trinajstić information content (AvgIpc) is 1.83. The van der Waals surface area contributed by atoms with E-state index >= 15 is 0 Å².